The Bertz CT molecular complexity index is 189. The van der Waals surface area contributed by atoms with E-state index in [0.717, 1.165) is 0 Å². The van der Waals surface area contributed by atoms with Crippen molar-refractivity contribution < 1.29 is 30.3 Å². The third-order valence-corrected chi connectivity index (χ3v) is 2.00. The fourth-order valence-electron chi connectivity index (χ4n) is 1.18. The van der Waals surface area contributed by atoms with E-state index >= 15 is 0 Å². The van der Waals surface area contributed by atoms with Crippen molar-refractivity contribution in [3.63, 3.8) is 0 Å². The maximum Gasteiger partial charge on any atom is 0.252 e. The lowest BCUT2D eigenvalue weighted by Gasteiger charge is -2.42. The van der Waals surface area contributed by atoms with Crippen molar-refractivity contribution in [2.45, 2.75) is 30.3 Å². The summed E-state index contributed by atoms with van der Waals surface area (Å²) in [6.45, 7) is -0.621. The molecule has 1 heterocycles. The van der Waals surface area contributed by atoms with E-state index in [4.69, 9.17) is 26.2 Å². The summed E-state index contributed by atoms with van der Waals surface area (Å²) in [5, 5.41) is 45.2. The van der Waals surface area contributed by atoms with Crippen LogP contribution in [0, 0.1) is 0 Å². The second-order valence-electron chi connectivity index (χ2n) is 3.02. The molecule has 7 N–H and O–H groups in total. The largest absolute Gasteiger partial charge is 0.394 e. The number of hydrogen-bond acceptors (Lipinski definition) is 7. The number of ether oxygens (including phenoxy) is 1. The zero-order valence-electron chi connectivity index (χ0n) is 7.15. The molecule has 0 amide bonds. The number of aliphatic hydroxyl groups is 5. The molecule has 86 valence electrons. The van der Waals surface area contributed by atoms with Gasteiger partial charge in [-0.05, 0) is 0 Å². The zero-order valence-corrected chi connectivity index (χ0v) is 7.96. The molecule has 1 saturated heterocycles. The van der Waals surface area contributed by atoms with Gasteiger partial charge in [-0.3, -0.25) is 5.73 Å². The zero-order chi connectivity index (χ0) is 10.2. The van der Waals surface area contributed by atoms with Gasteiger partial charge in [-0.15, -0.1) is 12.4 Å². The minimum Gasteiger partial charge on any atom is -0.394 e. The first kappa shape index (κ1) is 14.0. The van der Waals surface area contributed by atoms with Gasteiger partial charge in [0.15, 0.2) is 6.10 Å². The predicted octanol–water partition coefficient (Wildman–Crippen LogP) is -3.51. The second kappa shape index (κ2) is 4.69. The lowest BCUT2D eigenvalue weighted by atomic mass is 9.97. The van der Waals surface area contributed by atoms with Gasteiger partial charge in [0.2, 0.25) is 0 Å². The van der Waals surface area contributed by atoms with Gasteiger partial charge in [-0.2, -0.15) is 0 Å². The van der Waals surface area contributed by atoms with Crippen molar-refractivity contribution in [2.75, 3.05) is 6.61 Å². The van der Waals surface area contributed by atoms with E-state index in [9.17, 15) is 5.11 Å². The third-order valence-electron chi connectivity index (χ3n) is 2.00. The van der Waals surface area contributed by atoms with Crippen molar-refractivity contribution in [2.24, 2.45) is 5.73 Å². The molecule has 14 heavy (non-hydrogen) atoms. The number of rotatable bonds is 1. The summed E-state index contributed by atoms with van der Waals surface area (Å²) in [6.07, 6.45) is -6.16. The predicted molar refractivity (Wildman–Crippen MR) is 46.4 cm³/mol. The van der Waals surface area contributed by atoms with E-state index in [0.29, 0.717) is 0 Å². The number of aliphatic hydroxyl groups excluding tert-OH is 4. The highest BCUT2D eigenvalue weighted by Gasteiger charge is 2.50. The summed E-state index contributed by atoms with van der Waals surface area (Å²) in [5.41, 5.74) is 5.04. The van der Waals surface area contributed by atoms with Crippen LogP contribution in [0.2, 0.25) is 0 Å². The van der Waals surface area contributed by atoms with Gasteiger partial charge in [0, 0.05) is 0 Å². The van der Waals surface area contributed by atoms with Crippen LogP contribution in [-0.2, 0) is 4.74 Å². The highest BCUT2D eigenvalue weighted by molar-refractivity contribution is 5.85. The summed E-state index contributed by atoms with van der Waals surface area (Å²) in [7, 11) is 0. The Hall–Kier alpha value is 0.01000. The van der Waals surface area contributed by atoms with Crippen molar-refractivity contribution >= 4 is 12.4 Å². The van der Waals surface area contributed by atoms with Crippen LogP contribution in [0.1, 0.15) is 0 Å². The highest BCUT2D eigenvalue weighted by atomic mass is 35.5. The van der Waals surface area contributed by atoms with Crippen LogP contribution in [0.4, 0.5) is 0 Å². The SMILES string of the molecule is Cl.NC1(O)O[C@H](CO)[C@@H](O)[C@H](O)[C@H]1O. The molecule has 0 aromatic rings. The van der Waals surface area contributed by atoms with Gasteiger partial charge in [-0.1, -0.05) is 0 Å². The van der Waals surface area contributed by atoms with Crippen molar-refractivity contribution in [3.8, 4) is 0 Å². The van der Waals surface area contributed by atoms with Crippen LogP contribution in [0.5, 0.6) is 0 Å². The average molecular weight is 232 g/mol. The first-order valence-electron chi connectivity index (χ1n) is 3.74. The molecule has 1 aliphatic rings. The Morgan fingerprint density at radius 1 is 1.21 bits per heavy atom. The van der Waals surface area contributed by atoms with E-state index in [2.05, 4.69) is 4.74 Å². The normalized spacial score (nSPS) is 48.4. The van der Waals surface area contributed by atoms with E-state index in [1.165, 1.54) is 0 Å². The molecule has 0 spiro atoms. The average Bonchev–Trinajstić information content (AvgIpc) is 2.08. The Labute approximate surface area is 86.1 Å². The highest BCUT2D eigenvalue weighted by Crippen LogP contribution is 2.23. The molecule has 0 aliphatic carbocycles. The van der Waals surface area contributed by atoms with Gasteiger partial charge >= 0.3 is 0 Å². The Morgan fingerprint density at radius 3 is 2.14 bits per heavy atom. The van der Waals surface area contributed by atoms with Crippen molar-refractivity contribution in [1.29, 1.82) is 0 Å². The first-order valence-corrected chi connectivity index (χ1v) is 3.74. The van der Waals surface area contributed by atoms with Crippen LogP contribution in [0.15, 0.2) is 0 Å². The summed E-state index contributed by atoms with van der Waals surface area (Å²) in [6, 6.07) is 0. The molecule has 1 aliphatic heterocycles. The maximum absolute atomic E-state index is 9.18. The minimum atomic E-state index is -2.45. The third kappa shape index (κ3) is 2.33. The van der Waals surface area contributed by atoms with Crippen LogP contribution in [-0.4, -0.2) is 62.5 Å². The Balaban J connectivity index is 0.00000169. The summed E-state index contributed by atoms with van der Waals surface area (Å²) in [4.78, 5) is 0. The van der Waals surface area contributed by atoms with Gasteiger partial charge < -0.3 is 30.3 Å². The smallest absolute Gasteiger partial charge is 0.252 e. The molecule has 0 aromatic heterocycles. The minimum absolute atomic E-state index is 0. The van der Waals surface area contributed by atoms with Crippen molar-refractivity contribution in [3.05, 3.63) is 0 Å². The maximum atomic E-state index is 9.18. The van der Waals surface area contributed by atoms with Gasteiger partial charge in [0.1, 0.15) is 18.3 Å². The quantitative estimate of drug-likeness (QED) is 0.258. The fourth-order valence-corrected chi connectivity index (χ4v) is 1.18. The molecular formula is C6H14ClNO6. The molecule has 5 atom stereocenters. The Kier molecular flexibility index (Phi) is 4.69. The number of hydrogen-bond donors (Lipinski definition) is 6. The summed E-state index contributed by atoms with van der Waals surface area (Å²) >= 11 is 0. The summed E-state index contributed by atoms with van der Waals surface area (Å²) in [5.74, 6) is -2.45. The van der Waals surface area contributed by atoms with Gasteiger partial charge in [0.05, 0.1) is 6.61 Å². The van der Waals surface area contributed by atoms with E-state index < -0.39 is 36.9 Å². The fraction of sp³-hybridized carbons (Fsp3) is 1.00. The first-order chi connectivity index (χ1) is 5.90. The molecule has 1 unspecified atom stereocenters. The molecule has 1 rings (SSSR count). The molecule has 7 nitrogen and oxygen atoms in total. The van der Waals surface area contributed by atoms with Crippen LogP contribution >= 0.6 is 12.4 Å². The van der Waals surface area contributed by atoms with Gasteiger partial charge in [-0.25, -0.2) is 0 Å². The second-order valence-corrected chi connectivity index (χ2v) is 3.02. The van der Waals surface area contributed by atoms with E-state index in [1.54, 1.807) is 0 Å². The van der Waals surface area contributed by atoms with E-state index in [-0.39, 0.29) is 12.4 Å². The molecule has 0 aromatic carbocycles. The van der Waals surface area contributed by atoms with Crippen LogP contribution < -0.4 is 5.73 Å². The monoisotopic (exact) mass is 231 g/mol. The standard InChI is InChI=1S/C6H13NO6.ClH/c7-6(12)5(11)4(10)3(9)2(1-8)13-6;/h2-5,8-12H,1,7H2;1H/t2-,3-,4+,5-,6?;/m1./s1. The molecule has 1 fully saturated rings. The van der Waals surface area contributed by atoms with E-state index in [1.807, 2.05) is 0 Å². The topological polar surface area (TPSA) is 136 Å². The van der Waals surface area contributed by atoms with Crippen LogP contribution in [0.25, 0.3) is 0 Å². The van der Waals surface area contributed by atoms with Crippen LogP contribution in [0.3, 0.4) is 0 Å². The molecule has 0 saturated carbocycles. The number of nitrogens with two attached hydrogens (primary N) is 1. The number of halogens is 1. The molecule has 8 heteroatoms. The molecule has 0 bridgehead atoms. The summed E-state index contributed by atoms with van der Waals surface area (Å²) < 4.78 is 4.54. The van der Waals surface area contributed by atoms with Gasteiger partial charge in [0.25, 0.3) is 5.91 Å². The Morgan fingerprint density at radius 2 is 1.71 bits per heavy atom. The molecular weight excluding hydrogens is 218 g/mol. The lowest BCUT2D eigenvalue weighted by Crippen LogP contribution is -2.69. The van der Waals surface area contributed by atoms with Crippen molar-refractivity contribution in [1.82, 2.24) is 0 Å². The lowest BCUT2D eigenvalue weighted by molar-refractivity contribution is -0.346. The molecule has 0 radical (unpaired) electrons.